The van der Waals surface area contributed by atoms with Gasteiger partial charge >= 0.3 is 0 Å². The highest BCUT2D eigenvalue weighted by atomic mass is 19.1. The number of ketones is 1. The Morgan fingerprint density at radius 1 is 1.14 bits per heavy atom. The third-order valence-electron chi connectivity index (χ3n) is 8.07. The summed E-state index contributed by atoms with van der Waals surface area (Å²) in [7, 11) is 0. The molecule has 0 unspecified atom stereocenters. The van der Waals surface area contributed by atoms with Crippen LogP contribution in [-0.2, 0) is 4.79 Å². The number of Topliss-reactive ketones (excluding diaryl/α,β-unsaturated/α-hetero) is 1. The van der Waals surface area contributed by atoms with Gasteiger partial charge in [0.15, 0.2) is 12.0 Å². The molecule has 122 valence electrons. The van der Waals surface area contributed by atoms with Crippen LogP contribution in [0.1, 0.15) is 65.7 Å². The smallest absolute Gasteiger partial charge is 0.167 e. The summed E-state index contributed by atoms with van der Waals surface area (Å²) in [5, 5.41) is 0. The fraction of sp³-hybridized carbons (Fsp3) is 0.850. The van der Waals surface area contributed by atoms with Crippen LogP contribution in [0.25, 0.3) is 0 Å². The highest BCUT2D eigenvalue weighted by Gasteiger charge is 2.61. The molecule has 3 fully saturated rings. The summed E-state index contributed by atoms with van der Waals surface area (Å²) in [6.45, 7) is 6.88. The van der Waals surface area contributed by atoms with Crippen LogP contribution >= 0.6 is 0 Å². The lowest BCUT2D eigenvalue weighted by atomic mass is 9.47. The van der Waals surface area contributed by atoms with Crippen molar-refractivity contribution in [1.29, 1.82) is 0 Å². The number of allylic oxidation sites excluding steroid dienone is 2. The van der Waals surface area contributed by atoms with Crippen molar-refractivity contribution in [1.82, 2.24) is 0 Å². The molecular formula is C20H29FO. The molecule has 2 heteroatoms. The Balaban J connectivity index is 1.70. The number of halogens is 1. The molecule has 22 heavy (non-hydrogen) atoms. The van der Waals surface area contributed by atoms with Crippen LogP contribution in [0.4, 0.5) is 4.39 Å². The number of hydrogen-bond acceptors (Lipinski definition) is 1. The van der Waals surface area contributed by atoms with Gasteiger partial charge in [-0.2, -0.15) is 0 Å². The summed E-state index contributed by atoms with van der Waals surface area (Å²) in [5.41, 5.74) is 1.63. The normalized spacial score (nSPS) is 54.3. The second-order valence-corrected chi connectivity index (χ2v) is 9.18. The predicted molar refractivity (Wildman–Crippen MR) is 86.2 cm³/mol. The molecule has 0 heterocycles. The molecule has 1 nitrogen and oxygen atoms in total. The zero-order chi connectivity index (χ0) is 15.7. The van der Waals surface area contributed by atoms with Crippen LogP contribution in [0.2, 0.25) is 0 Å². The minimum absolute atomic E-state index is 0.120. The highest BCUT2D eigenvalue weighted by molar-refractivity contribution is 5.87. The Kier molecular flexibility index (Phi) is 3.17. The topological polar surface area (TPSA) is 17.1 Å². The molecule has 0 N–H and O–H groups in total. The monoisotopic (exact) mass is 304 g/mol. The van der Waals surface area contributed by atoms with Crippen molar-refractivity contribution < 1.29 is 9.18 Å². The third kappa shape index (κ3) is 1.79. The number of carbonyl (C=O) groups is 1. The number of hydrogen-bond donors (Lipinski definition) is 0. The molecule has 0 aromatic carbocycles. The van der Waals surface area contributed by atoms with Gasteiger partial charge < -0.3 is 0 Å². The summed E-state index contributed by atoms with van der Waals surface area (Å²) in [6.07, 6.45) is 8.75. The van der Waals surface area contributed by atoms with Gasteiger partial charge in [0.05, 0.1) is 0 Å². The van der Waals surface area contributed by atoms with Gasteiger partial charge in [-0.15, -0.1) is 0 Å². The van der Waals surface area contributed by atoms with Crippen LogP contribution in [0.15, 0.2) is 11.6 Å². The van der Waals surface area contributed by atoms with E-state index in [1.54, 1.807) is 5.57 Å². The van der Waals surface area contributed by atoms with Gasteiger partial charge in [-0.3, -0.25) is 4.79 Å². The lowest BCUT2D eigenvalue weighted by molar-refractivity contribution is -0.123. The Bertz CT molecular complexity index is 538. The lowest BCUT2D eigenvalue weighted by Crippen LogP contribution is -2.50. The fourth-order valence-electron chi connectivity index (χ4n) is 6.58. The molecule has 0 aliphatic heterocycles. The highest BCUT2D eigenvalue weighted by Crippen LogP contribution is 2.64. The third-order valence-corrected chi connectivity index (χ3v) is 8.07. The molecule has 0 bridgehead atoms. The first-order chi connectivity index (χ1) is 10.4. The molecule has 0 amide bonds. The summed E-state index contributed by atoms with van der Waals surface area (Å²) in [4.78, 5) is 12.0. The zero-order valence-corrected chi connectivity index (χ0v) is 14.2. The van der Waals surface area contributed by atoms with E-state index in [2.05, 4.69) is 19.9 Å². The molecule has 0 aromatic rings. The first-order valence-corrected chi connectivity index (χ1v) is 9.22. The van der Waals surface area contributed by atoms with Gasteiger partial charge in [-0.1, -0.05) is 32.4 Å². The minimum Gasteiger partial charge on any atom is -0.296 e. The number of rotatable bonds is 0. The first kappa shape index (κ1) is 14.9. The van der Waals surface area contributed by atoms with Gasteiger partial charge in [-0.05, 0) is 67.6 Å². The van der Waals surface area contributed by atoms with Gasteiger partial charge in [0.25, 0.3) is 0 Å². The second-order valence-electron chi connectivity index (χ2n) is 9.18. The Labute approximate surface area is 133 Å². The lowest BCUT2D eigenvalue weighted by Gasteiger charge is -2.57. The fourth-order valence-corrected chi connectivity index (χ4v) is 6.58. The van der Waals surface area contributed by atoms with Crippen molar-refractivity contribution in [3.05, 3.63) is 11.6 Å². The van der Waals surface area contributed by atoms with E-state index in [4.69, 9.17) is 0 Å². The first-order valence-electron chi connectivity index (χ1n) is 9.22. The molecule has 4 aliphatic carbocycles. The average Bonchev–Trinajstić information content (AvgIpc) is 2.72. The van der Waals surface area contributed by atoms with Crippen LogP contribution < -0.4 is 0 Å². The van der Waals surface area contributed by atoms with E-state index in [0.29, 0.717) is 23.7 Å². The van der Waals surface area contributed by atoms with Crippen molar-refractivity contribution in [2.45, 2.75) is 71.9 Å². The van der Waals surface area contributed by atoms with Crippen molar-refractivity contribution in [3.8, 4) is 0 Å². The zero-order valence-electron chi connectivity index (χ0n) is 14.2. The van der Waals surface area contributed by atoms with Gasteiger partial charge in [0, 0.05) is 11.8 Å². The standard InChI is InChI=1S/C20H29FO/c1-12-6-8-19(2)13(10-12)4-5-14-15(19)7-9-20(3)16(14)11-17(22)18(20)21/h4,12,14-16,18H,5-11H2,1-3H3/t12-,14+,15-,16-,18-,19-,20-/m0/s1. The van der Waals surface area contributed by atoms with Gasteiger partial charge in [0.1, 0.15) is 0 Å². The molecule has 4 rings (SSSR count). The quantitative estimate of drug-likeness (QED) is 0.569. The van der Waals surface area contributed by atoms with E-state index in [-0.39, 0.29) is 17.1 Å². The van der Waals surface area contributed by atoms with Crippen LogP contribution in [0.3, 0.4) is 0 Å². The number of fused-ring (bicyclic) bond motifs is 5. The van der Waals surface area contributed by atoms with E-state index in [9.17, 15) is 9.18 Å². The van der Waals surface area contributed by atoms with Crippen molar-refractivity contribution in [3.63, 3.8) is 0 Å². The second kappa shape index (κ2) is 4.68. The Morgan fingerprint density at radius 2 is 1.91 bits per heavy atom. The van der Waals surface area contributed by atoms with Gasteiger partial charge in [-0.25, -0.2) is 4.39 Å². The molecule has 0 radical (unpaired) electrons. The average molecular weight is 304 g/mol. The SMILES string of the molecule is C[C@H]1CC[C@@]2(C)C(=CC[C@H]3[C@@H]4CC(=O)[C@H](F)[C@@]4(C)CC[C@@H]32)C1. The largest absolute Gasteiger partial charge is 0.296 e. The van der Waals surface area contributed by atoms with Crippen LogP contribution in [0.5, 0.6) is 0 Å². The summed E-state index contributed by atoms with van der Waals surface area (Å²) in [5.74, 6) is 2.18. The molecule has 0 aromatic heterocycles. The van der Waals surface area contributed by atoms with E-state index in [1.807, 2.05) is 6.92 Å². The van der Waals surface area contributed by atoms with Crippen LogP contribution in [-0.4, -0.2) is 12.0 Å². The maximum absolute atomic E-state index is 14.5. The van der Waals surface area contributed by atoms with E-state index >= 15 is 0 Å². The van der Waals surface area contributed by atoms with Crippen molar-refractivity contribution in [2.24, 2.45) is 34.5 Å². The number of alkyl halides is 1. The Morgan fingerprint density at radius 3 is 2.68 bits per heavy atom. The summed E-state index contributed by atoms with van der Waals surface area (Å²) in [6, 6.07) is 0. The molecule has 3 saturated carbocycles. The van der Waals surface area contributed by atoms with Crippen molar-refractivity contribution in [2.75, 3.05) is 0 Å². The Hall–Kier alpha value is -0.660. The maximum Gasteiger partial charge on any atom is 0.167 e. The predicted octanol–water partition coefficient (Wildman–Crippen LogP) is 5.10. The number of carbonyl (C=O) groups excluding carboxylic acids is 1. The minimum atomic E-state index is -1.21. The van der Waals surface area contributed by atoms with E-state index in [1.165, 1.54) is 19.3 Å². The van der Waals surface area contributed by atoms with Gasteiger partial charge in [0.2, 0.25) is 0 Å². The summed E-state index contributed by atoms with van der Waals surface area (Å²) >= 11 is 0. The molecule has 0 spiro atoms. The van der Waals surface area contributed by atoms with E-state index in [0.717, 1.165) is 25.2 Å². The molecule has 4 aliphatic rings. The molecule has 0 saturated heterocycles. The van der Waals surface area contributed by atoms with E-state index < -0.39 is 6.17 Å². The summed E-state index contributed by atoms with van der Waals surface area (Å²) < 4.78 is 14.5. The maximum atomic E-state index is 14.5. The molecular weight excluding hydrogens is 275 g/mol. The van der Waals surface area contributed by atoms with Crippen molar-refractivity contribution >= 4 is 5.78 Å². The molecule has 7 atom stereocenters. The van der Waals surface area contributed by atoms with Crippen LogP contribution in [0, 0.1) is 34.5 Å².